The largest absolute Gasteiger partial charge is 0.493 e. The average molecular weight is 406 g/mol. The smallest absolute Gasteiger partial charge is 0.343 e. The van der Waals surface area contributed by atoms with Gasteiger partial charge >= 0.3 is 5.97 Å². The van der Waals surface area contributed by atoms with Crippen LogP contribution in [-0.2, 0) is 22.4 Å². The van der Waals surface area contributed by atoms with Gasteiger partial charge in [-0.3, -0.25) is 4.79 Å². The van der Waals surface area contributed by atoms with Gasteiger partial charge in [-0.05, 0) is 48.2 Å². The van der Waals surface area contributed by atoms with E-state index in [1.807, 2.05) is 26.0 Å². The van der Waals surface area contributed by atoms with Gasteiger partial charge in [0.15, 0.2) is 18.1 Å². The Morgan fingerprint density at radius 2 is 1.79 bits per heavy atom. The van der Waals surface area contributed by atoms with Gasteiger partial charge < -0.3 is 19.5 Å². The minimum Gasteiger partial charge on any atom is -0.493 e. The number of amides is 1. The molecule has 2 rings (SSSR count). The second kappa shape index (κ2) is 9.99. The van der Waals surface area contributed by atoms with E-state index in [-0.39, 0.29) is 18.3 Å². The molecule has 1 amide bonds. The zero-order valence-electron chi connectivity index (χ0n) is 16.4. The maximum Gasteiger partial charge on any atom is 0.343 e. The third-order valence-electron chi connectivity index (χ3n) is 4.31. The normalized spacial score (nSPS) is 10.3. The lowest BCUT2D eigenvalue weighted by molar-refractivity contribution is -0.142. The van der Waals surface area contributed by atoms with Gasteiger partial charge in [-0.2, -0.15) is 0 Å². The molecule has 28 heavy (non-hydrogen) atoms. The van der Waals surface area contributed by atoms with Crippen LogP contribution in [0, 0.1) is 0 Å². The molecular formula is C21H24ClNO5. The van der Waals surface area contributed by atoms with Crippen molar-refractivity contribution >= 4 is 29.2 Å². The fourth-order valence-electron chi connectivity index (χ4n) is 2.78. The SMILES string of the molecule is CCc1ccc(Cl)c(CC)c1NC(=O)c1ccc(OC)c(OCC(=O)OC)c1. The summed E-state index contributed by atoms with van der Waals surface area (Å²) in [6, 6.07) is 8.53. The Hall–Kier alpha value is -2.73. The molecule has 2 aromatic carbocycles. The quantitative estimate of drug-likeness (QED) is 0.663. The first kappa shape index (κ1) is 21.6. The van der Waals surface area contributed by atoms with Gasteiger partial charge in [-0.1, -0.05) is 31.5 Å². The molecule has 0 aromatic heterocycles. The van der Waals surface area contributed by atoms with Crippen LogP contribution in [0.4, 0.5) is 5.69 Å². The minimum atomic E-state index is -0.531. The summed E-state index contributed by atoms with van der Waals surface area (Å²) in [5.41, 5.74) is 3.00. The molecule has 2 aromatic rings. The number of anilines is 1. The number of carbonyl (C=O) groups excluding carboxylic acids is 2. The molecule has 0 bridgehead atoms. The predicted octanol–water partition coefficient (Wildman–Crippen LogP) is 4.28. The highest BCUT2D eigenvalue weighted by atomic mass is 35.5. The molecule has 0 atom stereocenters. The molecule has 0 unspecified atom stereocenters. The first-order valence-electron chi connectivity index (χ1n) is 8.94. The second-order valence-corrected chi connectivity index (χ2v) is 6.36. The van der Waals surface area contributed by atoms with Gasteiger partial charge in [-0.15, -0.1) is 0 Å². The zero-order chi connectivity index (χ0) is 20.7. The number of esters is 1. The van der Waals surface area contributed by atoms with Gasteiger partial charge in [0.2, 0.25) is 0 Å². The maximum atomic E-state index is 12.9. The Balaban J connectivity index is 2.32. The summed E-state index contributed by atoms with van der Waals surface area (Å²) in [6.07, 6.45) is 1.45. The molecular weight excluding hydrogens is 382 g/mol. The topological polar surface area (TPSA) is 73.9 Å². The summed E-state index contributed by atoms with van der Waals surface area (Å²) in [4.78, 5) is 24.2. The van der Waals surface area contributed by atoms with E-state index in [1.165, 1.54) is 20.3 Å². The Bertz CT molecular complexity index is 866. The highest BCUT2D eigenvalue weighted by Gasteiger charge is 2.17. The lowest BCUT2D eigenvalue weighted by Crippen LogP contribution is -2.16. The van der Waals surface area contributed by atoms with Gasteiger partial charge in [0.05, 0.1) is 14.2 Å². The van der Waals surface area contributed by atoms with Crippen LogP contribution in [0.15, 0.2) is 30.3 Å². The molecule has 150 valence electrons. The number of nitrogens with one attached hydrogen (secondary N) is 1. The predicted molar refractivity (Wildman–Crippen MR) is 109 cm³/mol. The number of aryl methyl sites for hydroxylation is 1. The summed E-state index contributed by atoms with van der Waals surface area (Å²) >= 11 is 6.31. The van der Waals surface area contributed by atoms with E-state index in [9.17, 15) is 9.59 Å². The van der Waals surface area contributed by atoms with Crippen LogP contribution in [-0.4, -0.2) is 32.7 Å². The molecule has 0 aliphatic carbocycles. The molecule has 1 N–H and O–H groups in total. The van der Waals surface area contributed by atoms with Crippen LogP contribution >= 0.6 is 11.6 Å². The lowest BCUT2D eigenvalue weighted by Gasteiger charge is -2.17. The molecule has 0 heterocycles. The zero-order valence-corrected chi connectivity index (χ0v) is 17.2. The van der Waals surface area contributed by atoms with Gasteiger partial charge in [0.1, 0.15) is 0 Å². The number of hydrogen-bond donors (Lipinski definition) is 1. The molecule has 0 aliphatic heterocycles. The van der Waals surface area contributed by atoms with Gasteiger partial charge in [0.25, 0.3) is 5.91 Å². The van der Waals surface area contributed by atoms with Crippen molar-refractivity contribution in [3.05, 3.63) is 52.0 Å². The number of halogens is 1. The maximum absolute atomic E-state index is 12.9. The molecule has 6 nitrogen and oxygen atoms in total. The molecule has 0 aliphatic rings. The van der Waals surface area contributed by atoms with E-state index >= 15 is 0 Å². The van der Waals surface area contributed by atoms with Crippen molar-refractivity contribution in [3.63, 3.8) is 0 Å². The number of methoxy groups -OCH3 is 2. The van der Waals surface area contributed by atoms with Crippen molar-refractivity contribution in [1.29, 1.82) is 0 Å². The fraction of sp³-hybridized carbons (Fsp3) is 0.333. The van der Waals surface area contributed by atoms with E-state index < -0.39 is 5.97 Å². The summed E-state index contributed by atoms with van der Waals surface area (Å²) in [7, 11) is 2.75. The average Bonchev–Trinajstić information content (AvgIpc) is 2.72. The number of benzene rings is 2. The molecule has 7 heteroatoms. The van der Waals surface area contributed by atoms with Crippen molar-refractivity contribution in [3.8, 4) is 11.5 Å². The van der Waals surface area contributed by atoms with Crippen molar-refractivity contribution in [2.75, 3.05) is 26.1 Å². The van der Waals surface area contributed by atoms with E-state index in [2.05, 4.69) is 10.1 Å². The van der Waals surface area contributed by atoms with Crippen molar-refractivity contribution in [2.24, 2.45) is 0 Å². The lowest BCUT2D eigenvalue weighted by atomic mass is 10.0. The molecule has 0 spiro atoms. The van der Waals surface area contributed by atoms with Crippen LogP contribution in [0.3, 0.4) is 0 Å². The third-order valence-corrected chi connectivity index (χ3v) is 4.67. The van der Waals surface area contributed by atoms with E-state index in [0.717, 1.165) is 23.2 Å². The Morgan fingerprint density at radius 1 is 1.04 bits per heavy atom. The molecule has 0 saturated carbocycles. The van der Waals surface area contributed by atoms with Crippen molar-refractivity contribution in [2.45, 2.75) is 26.7 Å². The Labute approximate surface area is 169 Å². The number of rotatable bonds is 8. The summed E-state index contributed by atoms with van der Waals surface area (Å²) in [5.74, 6) is -0.155. The summed E-state index contributed by atoms with van der Waals surface area (Å²) in [5, 5.41) is 3.58. The first-order valence-corrected chi connectivity index (χ1v) is 9.32. The first-order chi connectivity index (χ1) is 13.4. The summed E-state index contributed by atoms with van der Waals surface area (Å²) < 4.78 is 15.2. The Kier molecular flexibility index (Phi) is 7.70. The monoisotopic (exact) mass is 405 g/mol. The summed E-state index contributed by atoms with van der Waals surface area (Å²) in [6.45, 7) is 3.72. The molecule has 0 fully saturated rings. The fourth-order valence-corrected chi connectivity index (χ4v) is 3.07. The van der Waals surface area contributed by atoms with E-state index in [0.29, 0.717) is 22.8 Å². The van der Waals surface area contributed by atoms with Crippen LogP contribution in [0.25, 0.3) is 0 Å². The molecule has 0 saturated heterocycles. The minimum absolute atomic E-state index is 0.276. The van der Waals surface area contributed by atoms with Crippen LogP contribution < -0.4 is 14.8 Å². The van der Waals surface area contributed by atoms with Gasteiger partial charge in [-0.25, -0.2) is 4.79 Å². The number of carbonyl (C=O) groups is 2. The van der Waals surface area contributed by atoms with Crippen LogP contribution in [0.5, 0.6) is 11.5 Å². The van der Waals surface area contributed by atoms with Crippen LogP contribution in [0.2, 0.25) is 5.02 Å². The van der Waals surface area contributed by atoms with E-state index in [4.69, 9.17) is 21.1 Å². The second-order valence-electron chi connectivity index (χ2n) is 5.95. The third kappa shape index (κ3) is 4.95. The highest BCUT2D eigenvalue weighted by molar-refractivity contribution is 6.32. The number of hydrogen-bond acceptors (Lipinski definition) is 5. The molecule has 0 radical (unpaired) electrons. The van der Waals surface area contributed by atoms with Crippen LogP contribution in [0.1, 0.15) is 35.3 Å². The van der Waals surface area contributed by atoms with Gasteiger partial charge in [0, 0.05) is 16.3 Å². The number of ether oxygens (including phenoxy) is 3. The van der Waals surface area contributed by atoms with E-state index in [1.54, 1.807) is 12.1 Å². The van der Waals surface area contributed by atoms with Crippen molar-refractivity contribution in [1.82, 2.24) is 0 Å². The van der Waals surface area contributed by atoms with Crippen molar-refractivity contribution < 1.29 is 23.8 Å². The standard InChI is InChI=1S/C21H24ClNO5/c1-5-13-7-9-16(22)15(6-2)20(13)23-21(25)14-8-10-17(26-3)18(11-14)28-12-19(24)27-4/h7-11H,5-6,12H2,1-4H3,(H,23,25). The Morgan fingerprint density at radius 3 is 2.39 bits per heavy atom. The highest BCUT2D eigenvalue weighted by Crippen LogP contribution is 2.31.